The second-order valence-corrected chi connectivity index (χ2v) is 6.19. The summed E-state index contributed by atoms with van der Waals surface area (Å²) >= 11 is 0. The molecule has 1 aliphatic carbocycles. The number of ether oxygens (including phenoxy) is 1. The summed E-state index contributed by atoms with van der Waals surface area (Å²) in [6.45, 7) is 4.14. The molecule has 0 bridgehead atoms. The van der Waals surface area contributed by atoms with Crippen LogP contribution >= 0.6 is 0 Å². The minimum atomic E-state index is 0.357. The number of hydrogen-bond donors (Lipinski definition) is 1. The number of methoxy groups -OCH3 is 1. The van der Waals surface area contributed by atoms with Gasteiger partial charge in [-0.05, 0) is 44.2 Å². The van der Waals surface area contributed by atoms with Gasteiger partial charge >= 0.3 is 0 Å². The zero-order valence-corrected chi connectivity index (χ0v) is 13.5. The van der Waals surface area contributed by atoms with Gasteiger partial charge in [-0.15, -0.1) is 0 Å². The normalized spacial score (nSPS) is 24.2. The van der Waals surface area contributed by atoms with E-state index >= 15 is 0 Å². The fraction of sp³-hybridized carbons (Fsp3) is 0.667. The monoisotopic (exact) mass is 290 g/mol. The SMILES string of the molecule is CCCN(C1CCC(N)CC1)C(COC)c1ccccc1. The highest BCUT2D eigenvalue weighted by Crippen LogP contribution is 2.30. The fourth-order valence-corrected chi connectivity index (χ4v) is 3.50. The van der Waals surface area contributed by atoms with Crippen LogP contribution in [0.3, 0.4) is 0 Å². The van der Waals surface area contributed by atoms with Crippen LogP contribution in [0.1, 0.15) is 50.6 Å². The molecule has 1 atom stereocenters. The van der Waals surface area contributed by atoms with Crippen molar-refractivity contribution in [3.63, 3.8) is 0 Å². The maximum atomic E-state index is 6.07. The fourth-order valence-electron chi connectivity index (χ4n) is 3.50. The van der Waals surface area contributed by atoms with E-state index in [1.54, 1.807) is 7.11 Å². The molecular formula is C18H30N2O. The number of nitrogens with zero attached hydrogens (tertiary/aromatic N) is 1. The molecule has 0 amide bonds. The molecule has 0 radical (unpaired) electrons. The predicted molar refractivity (Wildman–Crippen MR) is 88.3 cm³/mol. The average molecular weight is 290 g/mol. The third-order valence-electron chi connectivity index (χ3n) is 4.60. The molecule has 1 aromatic rings. The Kier molecular flexibility index (Phi) is 6.68. The second-order valence-electron chi connectivity index (χ2n) is 6.19. The van der Waals surface area contributed by atoms with Gasteiger partial charge in [0.05, 0.1) is 12.6 Å². The van der Waals surface area contributed by atoms with Crippen molar-refractivity contribution in [2.24, 2.45) is 5.73 Å². The van der Waals surface area contributed by atoms with Crippen molar-refractivity contribution in [1.29, 1.82) is 0 Å². The number of hydrogen-bond acceptors (Lipinski definition) is 3. The highest BCUT2D eigenvalue weighted by atomic mass is 16.5. The molecule has 2 rings (SSSR count). The van der Waals surface area contributed by atoms with E-state index in [9.17, 15) is 0 Å². The van der Waals surface area contributed by atoms with Crippen LogP contribution in [0, 0.1) is 0 Å². The van der Waals surface area contributed by atoms with Gasteiger partial charge in [0, 0.05) is 19.2 Å². The van der Waals surface area contributed by atoms with E-state index in [1.165, 1.54) is 24.8 Å². The van der Waals surface area contributed by atoms with Gasteiger partial charge in [0.25, 0.3) is 0 Å². The van der Waals surface area contributed by atoms with E-state index < -0.39 is 0 Å². The van der Waals surface area contributed by atoms with Gasteiger partial charge in [-0.1, -0.05) is 37.3 Å². The Morgan fingerprint density at radius 1 is 1.19 bits per heavy atom. The first-order chi connectivity index (χ1) is 10.3. The van der Waals surface area contributed by atoms with Crippen LogP contribution in [0.2, 0.25) is 0 Å². The first kappa shape index (κ1) is 16.5. The molecule has 1 aromatic carbocycles. The molecule has 1 unspecified atom stereocenters. The van der Waals surface area contributed by atoms with E-state index in [1.807, 2.05) is 0 Å². The number of benzene rings is 1. The summed E-state index contributed by atoms with van der Waals surface area (Å²) in [7, 11) is 1.80. The van der Waals surface area contributed by atoms with Crippen molar-refractivity contribution in [2.75, 3.05) is 20.3 Å². The molecule has 21 heavy (non-hydrogen) atoms. The Labute approximate surface area is 129 Å². The summed E-state index contributed by atoms with van der Waals surface area (Å²) in [5.41, 5.74) is 7.44. The van der Waals surface area contributed by atoms with E-state index in [-0.39, 0.29) is 0 Å². The van der Waals surface area contributed by atoms with Crippen molar-refractivity contribution in [2.45, 2.75) is 57.2 Å². The predicted octanol–water partition coefficient (Wildman–Crippen LogP) is 3.36. The summed E-state index contributed by atoms with van der Waals surface area (Å²) in [4.78, 5) is 2.66. The summed E-state index contributed by atoms with van der Waals surface area (Å²) in [5.74, 6) is 0. The van der Waals surface area contributed by atoms with Gasteiger partial charge in [-0.2, -0.15) is 0 Å². The van der Waals surface area contributed by atoms with Crippen LogP contribution in [-0.2, 0) is 4.74 Å². The van der Waals surface area contributed by atoms with E-state index in [0.29, 0.717) is 18.1 Å². The quantitative estimate of drug-likeness (QED) is 0.837. The second kappa shape index (κ2) is 8.52. The molecule has 0 heterocycles. The molecule has 118 valence electrons. The lowest BCUT2D eigenvalue weighted by atomic mass is 9.89. The van der Waals surface area contributed by atoms with Gasteiger partial charge < -0.3 is 10.5 Å². The Morgan fingerprint density at radius 2 is 1.86 bits per heavy atom. The van der Waals surface area contributed by atoms with Crippen LogP contribution in [0.5, 0.6) is 0 Å². The molecule has 1 aliphatic rings. The van der Waals surface area contributed by atoms with Crippen molar-refractivity contribution < 1.29 is 4.74 Å². The first-order valence-electron chi connectivity index (χ1n) is 8.31. The lowest BCUT2D eigenvalue weighted by molar-refractivity contribution is 0.0438. The van der Waals surface area contributed by atoms with E-state index in [0.717, 1.165) is 26.0 Å². The third kappa shape index (κ3) is 4.53. The van der Waals surface area contributed by atoms with Crippen molar-refractivity contribution in [3.05, 3.63) is 35.9 Å². The molecule has 0 aromatic heterocycles. The minimum Gasteiger partial charge on any atom is -0.383 e. The molecule has 0 spiro atoms. The standard InChI is InChI=1S/C18H30N2O/c1-3-13-20(17-11-9-16(19)10-12-17)18(14-21-2)15-7-5-4-6-8-15/h4-8,16-18H,3,9-14,19H2,1-2H3. The molecule has 3 heteroatoms. The minimum absolute atomic E-state index is 0.357. The van der Waals surface area contributed by atoms with Crippen LogP contribution < -0.4 is 5.73 Å². The van der Waals surface area contributed by atoms with Crippen LogP contribution in [0.25, 0.3) is 0 Å². The van der Waals surface area contributed by atoms with Gasteiger partial charge in [-0.3, -0.25) is 4.90 Å². The van der Waals surface area contributed by atoms with Gasteiger partial charge in [0.15, 0.2) is 0 Å². The summed E-state index contributed by atoms with van der Waals surface area (Å²) < 4.78 is 5.53. The Morgan fingerprint density at radius 3 is 2.43 bits per heavy atom. The van der Waals surface area contributed by atoms with Crippen molar-refractivity contribution in [1.82, 2.24) is 4.90 Å². The Bertz CT molecular complexity index is 387. The zero-order valence-electron chi connectivity index (χ0n) is 13.5. The number of rotatable bonds is 7. The zero-order chi connectivity index (χ0) is 15.1. The van der Waals surface area contributed by atoms with E-state index in [4.69, 9.17) is 10.5 Å². The molecule has 2 N–H and O–H groups in total. The van der Waals surface area contributed by atoms with Crippen molar-refractivity contribution in [3.8, 4) is 0 Å². The molecule has 1 saturated carbocycles. The van der Waals surface area contributed by atoms with Gasteiger partial charge in [0.1, 0.15) is 0 Å². The summed E-state index contributed by atoms with van der Waals surface area (Å²) in [6.07, 6.45) is 5.91. The topological polar surface area (TPSA) is 38.5 Å². The maximum absolute atomic E-state index is 6.07. The van der Waals surface area contributed by atoms with Crippen molar-refractivity contribution >= 4 is 0 Å². The first-order valence-corrected chi connectivity index (χ1v) is 8.31. The average Bonchev–Trinajstić information content (AvgIpc) is 2.53. The highest BCUT2D eigenvalue weighted by molar-refractivity contribution is 5.19. The largest absolute Gasteiger partial charge is 0.383 e. The molecule has 3 nitrogen and oxygen atoms in total. The van der Waals surface area contributed by atoms with Crippen LogP contribution in [-0.4, -0.2) is 37.2 Å². The van der Waals surface area contributed by atoms with Crippen LogP contribution in [0.4, 0.5) is 0 Å². The lowest BCUT2D eigenvalue weighted by Gasteiger charge is -2.41. The Hall–Kier alpha value is -0.900. The maximum Gasteiger partial charge on any atom is 0.0659 e. The molecule has 1 fully saturated rings. The Balaban J connectivity index is 2.16. The van der Waals surface area contributed by atoms with Gasteiger partial charge in [-0.25, -0.2) is 0 Å². The molecule has 0 saturated heterocycles. The van der Waals surface area contributed by atoms with Gasteiger partial charge in [0.2, 0.25) is 0 Å². The summed E-state index contributed by atoms with van der Waals surface area (Å²) in [6, 6.07) is 12.2. The lowest BCUT2D eigenvalue weighted by Crippen LogP contribution is -2.44. The van der Waals surface area contributed by atoms with E-state index in [2.05, 4.69) is 42.2 Å². The van der Waals surface area contributed by atoms with Crippen LogP contribution in [0.15, 0.2) is 30.3 Å². The molecule has 0 aliphatic heterocycles. The highest BCUT2D eigenvalue weighted by Gasteiger charge is 2.29. The number of nitrogens with two attached hydrogens (primary N) is 1. The smallest absolute Gasteiger partial charge is 0.0659 e. The summed E-state index contributed by atoms with van der Waals surface area (Å²) in [5, 5.41) is 0. The molecular weight excluding hydrogens is 260 g/mol. The third-order valence-corrected chi connectivity index (χ3v) is 4.60.